The van der Waals surface area contributed by atoms with E-state index in [2.05, 4.69) is 11.9 Å². The average Bonchev–Trinajstić information content (AvgIpc) is 2.28. The van der Waals surface area contributed by atoms with Crippen molar-refractivity contribution in [2.75, 3.05) is 18.9 Å². The quantitative estimate of drug-likeness (QED) is 0.825. The predicted molar refractivity (Wildman–Crippen MR) is 70.3 cm³/mol. The first-order chi connectivity index (χ1) is 8.45. The summed E-state index contributed by atoms with van der Waals surface area (Å²) in [5.41, 5.74) is 0.149. The van der Waals surface area contributed by atoms with Crippen LogP contribution in [0, 0.1) is 0 Å². The van der Waals surface area contributed by atoms with E-state index in [0.29, 0.717) is 11.6 Å². The number of carboxylic acid groups (broad SMARTS) is 1. The number of carbonyl (C=O) groups excluding carboxylic acids is 1. The molecular weight excluding hydrogens is 256 g/mol. The van der Waals surface area contributed by atoms with Crippen LogP contribution in [0.3, 0.4) is 0 Å². The van der Waals surface area contributed by atoms with E-state index in [1.807, 2.05) is 0 Å². The Morgan fingerprint density at radius 1 is 1.56 bits per heavy atom. The molecule has 0 aliphatic heterocycles. The van der Waals surface area contributed by atoms with E-state index in [1.165, 1.54) is 23.1 Å². The molecule has 0 fully saturated rings. The molecule has 2 N–H and O–H groups in total. The number of halogens is 1. The van der Waals surface area contributed by atoms with Crippen LogP contribution >= 0.6 is 11.6 Å². The highest BCUT2D eigenvalue weighted by Gasteiger charge is 2.14. The highest BCUT2D eigenvalue weighted by molar-refractivity contribution is 6.31. The van der Waals surface area contributed by atoms with Crippen molar-refractivity contribution in [1.29, 1.82) is 0 Å². The number of nitrogens with one attached hydrogen (secondary N) is 1. The van der Waals surface area contributed by atoms with Crippen molar-refractivity contribution in [2.45, 2.75) is 0 Å². The third-order valence-electron chi connectivity index (χ3n) is 2.20. The summed E-state index contributed by atoms with van der Waals surface area (Å²) in [5, 5.41) is 11.8. The summed E-state index contributed by atoms with van der Waals surface area (Å²) in [6.07, 6.45) is 1.57. The highest BCUT2D eigenvalue weighted by atomic mass is 35.5. The summed E-state index contributed by atoms with van der Waals surface area (Å²) < 4.78 is 0. The smallest absolute Gasteiger partial charge is 0.337 e. The van der Waals surface area contributed by atoms with Gasteiger partial charge in [0.1, 0.15) is 0 Å². The van der Waals surface area contributed by atoms with Gasteiger partial charge in [0.2, 0.25) is 0 Å². The van der Waals surface area contributed by atoms with Crippen molar-refractivity contribution >= 4 is 29.3 Å². The minimum Gasteiger partial charge on any atom is -0.478 e. The Morgan fingerprint density at radius 2 is 2.22 bits per heavy atom. The van der Waals surface area contributed by atoms with Gasteiger partial charge in [-0.25, -0.2) is 9.59 Å². The second-order valence-corrected chi connectivity index (χ2v) is 4.03. The number of anilines is 1. The maximum absolute atomic E-state index is 11.7. The number of nitrogens with zero attached hydrogens (tertiary/aromatic N) is 1. The number of benzene rings is 1. The van der Waals surface area contributed by atoms with E-state index < -0.39 is 12.0 Å². The highest BCUT2D eigenvalue weighted by Crippen LogP contribution is 2.21. The second kappa shape index (κ2) is 6.07. The van der Waals surface area contributed by atoms with Crippen LogP contribution in [0.4, 0.5) is 10.5 Å². The Morgan fingerprint density at radius 3 is 2.78 bits per heavy atom. The number of likely N-dealkylation sites (N-methyl/N-ethyl adjacent to an activating group) is 1. The zero-order valence-corrected chi connectivity index (χ0v) is 10.6. The summed E-state index contributed by atoms with van der Waals surface area (Å²) >= 11 is 5.77. The number of amides is 2. The van der Waals surface area contributed by atoms with Crippen LogP contribution in [0.2, 0.25) is 5.02 Å². The molecule has 0 bridgehead atoms. The van der Waals surface area contributed by atoms with E-state index >= 15 is 0 Å². The molecule has 0 aliphatic rings. The standard InChI is InChI=1S/C12H13ClN2O3/c1-3-6-15(2)12(18)14-10-7-8(13)4-5-9(10)11(16)17/h3-5,7H,1,6H2,2H3,(H,14,18)(H,16,17). The Hall–Kier alpha value is -2.01. The molecule has 0 aliphatic carbocycles. The molecule has 1 aromatic rings. The van der Waals surface area contributed by atoms with Gasteiger partial charge in [-0.1, -0.05) is 17.7 Å². The van der Waals surface area contributed by atoms with Crippen molar-refractivity contribution < 1.29 is 14.7 Å². The average molecular weight is 269 g/mol. The molecule has 0 saturated carbocycles. The van der Waals surface area contributed by atoms with Gasteiger partial charge < -0.3 is 15.3 Å². The first-order valence-electron chi connectivity index (χ1n) is 5.11. The fourth-order valence-electron chi connectivity index (χ4n) is 1.29. The maximum atomic E-state index is 11.7. The lowest BCUT2D eigenvalue weighted by Crippen LogP contribution is -2.31. The molecule has 0 heterocycles. The van der Waals surface area contributed by atoms with Crippen LogP contribution in [0.25, 0.3) is 0 Å². The van der Waals surface area contributed by atoms with Crippen LogP contribution in [0.5, 0.6) is 0 Å². The van der Waals surface area contributed by atoms with Crippen LogP contribution < -0.4 is 5.32 Å². The molecule has 6 heteroatoms. The van der Waals surface area contributed by atoms with Crippen LogP contribution in [0.1, 0.15) is 10.4 Å². The Balaban J connectivity index is 2.95. The molecule has 0 spiro atoms. The van der Waals surface area contributed by atoms with Crippen LogP contribution in [0.15, 0.2) is 30.9 Å². The minimum absolute atomic E-state index is 0.0141. The zero-order valence-electron chi connectivity index (χ0n) is 9.81. The van der Waals surface area contributed by atoms with Crippen molar-refractivity contribution in [1.82, 2.24) is 4.90 Å². The third kappa shape index (κ3) is 3.49. The summed E-state index contributed by atoms with van der Waals surface area (Å²) in [4.78, 5) is 24.1. The fourth-order valence-corrected chi connectivity index (χ4v) is 1.47. The lowest BCUT2D eigenvalue weighted by Gasteiger charge is -2.17. The van der Waals surface area contributed by atoms with Gasteiger partial charge in [-0.15, -0.1) is 6.58 Å². The molecule has 96 valence electrons. The van der Waals surface area contributed by atoms with Gasteiger partial charge >= 0.3 is 12.0 Å². The van der Waals surface area contributed by atoms with Crippen molar-refractivity contribution in [3.8, 4) is 0 Å². The fraction of sp³-hybridized carbons (Fsp3) is 0.167. The molecule has 0 saturated heterocycles. The van der Waals surface area contributed by atoms with Crippen molar-refractivity contribution in [3.05, 3.63) is 41.4 Å². The van der Waals surface area contributed by atoms with Gasteiger partial charge in [-0.3, -0.25) is 0 Å². The predicted octanol–water partition coefficient (Wildman–Crippen LogP) is 2.69. The van der Waals surface area contributed by atoms with Crippen LogP contribution in [-0.2, 0) is 0 Å². The lowest BCUT2D eigenvalue weighted by molar-refractivity contribution is 0.0698. The molecular formula is C12H13ClN2O3. The van der Waals surface area contributed by atoms with Gasteiger partial charge in [-0.05, 0) is 18.2 Å². The van der Waals surface area contributed by atoms with Gasteiger partial charge in [-0.2, -0.15) is 0 Å². The number of urea groups is 1. The molecule has 2 amide bonds. The van der Waals surface area contributed by atoms with E-state index in [4.69, 9.17) is 16.7 Å². The second-order valence-electron chi connectivity index (χ2n) is 3.59. The monoisotopic (exact) mass is 268 g/mol. The van der Waals surface area contributed by atoms with Gasteiger partial charge in [0, 0.05) is 18.6 Å². The van der Waals surface area contributed by atoms with E-state index in [9.17, 15) is 9.59 Å². The molecule has 0 radical (unpaired) electrons. The van der Waals surface area contributed by atoms with Crippen molar-refractivity contribution in [3.63, 3.8) is 0 Å². The zero-order chi connectivity index (χ0) is 13.7. The summed E-state index contributed by atoms with van der Waals surface area (Å²) in [5.74, 6) is -1.13. The maximum Gasteiger partial charge on any atom is 0.337 e. The third-order valence-corrected chi connectivity index (χ3v) is 2.44. The molecule has 18 heavy (non-hydrogen) atoms. The largest absolute Gasteiger partial charge is 0.478 e. The van der Waals surface area contributed by atoms with Gasteiger partial charge in [0.05, 0.1) is 11.3 Å². The van der Waals surface area contributed by atoms with Crippen LogP contribution in [-0.4, -0.2) is 35.6 Å². The topological polar surface area (TPSA) is 69.6 Å². The summed E-state index contributed by atoms with van der Waals surface area (Å²) in [7, 11) is 1.57. The first-order valence-corrected chi connectivity index (χ1v) is 5.49. The van der Waals surface area contributed by atoms with Crippen molar-refractivity contribution in [2.24, 2.45) is 0 Å². The molecule has 0 aromatic heterocycles. The normalized spacial score (nSPS) is 9.67. The summed E-state index contributed by atoms with van der Waals surface area (Å²) in [6, 6.07) is 3.76. The first kappa shape index (κ1) is 14.1. The number of carbonyl (C=O) groups is 2. The molecule has 5 nitrogen and oxygen atoms in total. The molecule has 0 unspecified atom stereocenters. The Kier molecular flexibility index (Phi) is 4.74. The summed E-state index contributed by atoms with van der Waals surface area (Å²) in [6.45, 7) is 3.87. The Labute approximate surface area is 110 Å². The van der Waals surface area contributed by atoms with E-state index in [1.54, 1.807) is 13.1 Å². The molecule has 1 rings (SSSR count). The minimum atomic E-state index is -1.13. The Bertz CT molecular complexity index is 488. The molecule has 1 aromatic carbocycles. The number of carboxylic acids is 1. The van der Waals surface area contributed by atoms with E-state index in [0.717, 1.165) is 0 Å². The number of rotatable bonds is 4. The lowest BCUT2D eigenvalue weighted by atomic mass is 10.2. The number of aromatic carboxylic acids is 1. The molecule has 0 atom stereocenters. The van der Waals surface area contributed by atoms with E-state index in [-0.39, 0.29) is 11.3 Å². The van der Waals surface area contributed by atoms with Gasteiger partial charge in [0.25, 0.3) is 0 Å². The SMILES string of the molecule is C=CCN(C)C(=O)Nc1cc(Cl)ccc1C(=O)O. The van der Waals surface area contributed by atoms with Gasteiger partial charge in [0.15, 0.2) is 0 Å². The number of hydrogen-bond donors (Lipinski definition) is 2. The number of hydrogen-bond acceptors (Lipinski definition) is 2.